The SMILES string of the molecule is COCC(=CC1=CCC(C(=O)OC)(C(=O)OC)C1)COC. The van der Waals surface area contributed by atoms with Crippen LogP contribution in [0.4, 0.5) is 0 Å². The maximum Gasteiger partial charge on any atom is 0.323 e. The van der Waals surface area contributed by atoms with E-state index in [9.17, 15) is 9.59 Å². The Hall–Kier alpha value is -1.66. The maximum atomic E-state index is 12.0. The molecule has 0 radical (unpaired) electrons. The molecule has 0 aromatic heterocycles. The van der Waals surface area contributed by atoms with Crippen LogP contribution in [0.5, 0.6) is 0 Å². The Morgan fingerprint density at radius 2 is 1.62 bits per heavy atom. The van der Waals surface area contributed by atoms with Gasteiger partial charge >= 0.3 is 11.9 Å². The lowest BCUT2D eigenvalue weighted by Gasteiger charge is -2.23. The molecule has 0 aromatic rings. The molecule has 6 nitrogen and oxygen atoms in total. The second kappa shape index (κ2) is 7.95. The Kier molecular flexibility index (Phi) is 6.58. The minimum atomic E-state index is -1.28. The summed E-state index contributed by atoms with van der Waals surface area (Å²) >= 11 is 0. The van der Waals surface area contributed by atoms with Gasteiger partial charge in [0.25, 0.3) is 0 Å². The van der Waals surface area contributed by atoms with Crippen molar-refractivity contribution in [3.8, 4) is 0 Å². The minimum absolute atomic E-state index is 0.253. The smallest absolute Gasteiger partial charge is 0.323 e. The van der Waals surface area contributed by atoms with E-state index in [0.29, 0.717) is 13.2 Å². The van der Waals surface area contributed by atoms with Crippen LogP contribution in [0.3, 0.4) is 0 Å². The first-order valence-electron chi connectivity index (χ1n) is 6.57. The quantitative estimate of drug-likeness (QED) is 0.520. The number of hydrogen-bond acceptors (Lipinski definition) is 6. The van der Waals surface area contributed by atoms with Crippen LogP contribution in [-0.2, 0) is 28.5 Å². The Bertz CT molecular complexity index is 425. The molecule has 6 heteroatoms. The van der Waals surface area contributed by atoms with Gasteiger partial charge in [-0.2, -0.15) is 0 Å². The van der Waals surface area contributed by atoms with Crippen molar-refractivity contribution in [2.45, 2.75) is 12.8 Å². The first-order chi connectivity index (χ1) is 10.0. The number of carbonyl (C=O) groups is 2. The van der Waals surface area contributed by atoms with Gasteiger partial charge in [-0.15, -0.1) is 0 Å². The fourth-order valence-electron chi connectivity index (χ4n) is 2.45. The van der Waals surface area contributed by atoms with Crippen molar-refractivity contribution >= 4 is 11.9 Å². The number of carbonyl (C=O) groups excluding carboxylic acids is 2. The summed E-state index contributed by atoms with van der Waals surface area (Å²) in [6.45, 7) is 0.850. The van der Waals surface area contributed by atoms with Crippen LogP contribution in [0.15, 0.2) is 23.3 Å². The monoisotopic (exact) mass is 298 g/mol. The van der Waals surface area contributed by atoms with E-state index in [-0.39, 0.29) is 12.8 Å². The molecule has 0 bridgehead atoms. The molecule has 0 N–H and O–H groups in total. The van der Waals surface area contributed by atoms with E-state index in [2.05, 4.69) is 0 Å². The standard InChI is InChI=1S/C15H22O6/c1-18-9-12(10-19-2)7-11-5-6-15(8-11,13(16)20-3)14(17)21-4/h5,7H,6,8-10H2,1-4H3. The van der Waals surface area contributed by atoms with Crippen molar-refractivity contribution in [3.05, 3.63) is 23.3 Å². The molecular weight excluding hydrogens is 276 g/mol. The molecule has 0 aliphatic heterocycles. The zero-order valence-electron chi connectivity index (χ0n) is 12.9. The van der Waals surface area contributed by atoms with Crippen LogP contribution < -0.4 is 0 Å². The third-order valence-electron chi connectivity index (χ3n) is 3.42. The Morgan fingerprint density at radius 1 is 1.10 bits per heavy atom. The lowest BCUT2D eigenvalue weighted by Crippen LogP contribution is -2.39. The normalized spacial score (nSPS) is 16.1. The van der Waals surface area contributed by atoms with Gasteiger partial charge < -0.3 is 18.9 Å². The van der Waals surface area contributed by atoms with E-state index >= 15 is 0 Å². The molecule has 0 heterocycles. The number of allylic oxidation sites excluding steroid dienone is 3. The average Bonchev–Trinajstić information content (AvgIpc) is 2.91. The lowest BCUT2D eigenvalue weighted by atomic mass is 9.84. The van der Waals surface area contributed by atoms with Crippen LogP contribution in [0.1, 0.15) is 12.8 Å². The predicted molar refractivity (Wildman–Crippen MR) is 75.6 cm³/mol. The van der Waals surface area contributed by atoms with Gasteiger partial charge in [-0.3, -0.25) is 9.59 Å². The predicted octanol–water partition coefficient (Wildman–Crippen LogP) is 1.26. The van der Waals surface area contributed by atoms with Crippen molar-refractivity contribution in [2.24, 2.45) is 5.41 Å². The van der Waals surface area contributed by atoms with Gasteiger partial charge in [-0.25, -0.2) is 0 Å². The van der Waals surface area contributed by atoms with Crippen molar-refractivity contribution < 1.29 is 28.5 Å². The van der Waals surface area contributed by atoms with Crippen LogP contribution in [0.25, 0.3) is 0 Å². The number of hydrogen-bond donors (Lipinski definition) is 0. The highest BCUT2D eigenvalue weighted by Crippen LogP contribution is 2.40. The fraction of sp³-hybridized carbons (Fsp3) is 0.600. The van der Waals surface area contributed by atoms with E-state index in [1.54, 1.807) is 14.2 Å². The Morgan fingerprint density at radius 3 is 2.05 bits per heavy atom. The van der Waals surface area contributed by atoms with Gasteiger partial charge in [0, 0.05) is 14.2 Å². The molecule has 0 fully saturated rings. The summed E-state index contributed by atoms with van der Waals surface area (Å²) in [7, 11) is 5.73. The largest absolute Gasteiger partial charge is 0.468 e. The molecule has 0 saturated carbocycles. The van der Waals surface area contributed by atoms with Crippen LogP contribution in [0.2, 0.25) is 0 Å². The van der Waals surface area contributed by atoms with Gasteiger partial charge in [-0.1, -0.05) is 17.7 Å². The molecular formula is C15H22O6. The Balaban J connectivity index is 2.94. The number of ether oxygens (including phenoxy) is 4. The molecule has 0 amide bonds. The number of methoxy groups -OCH3 is 4. The van der Waals surface area contributed by atoms with E-state index in [4.69, 9.17) is 18.9 Å². The third-order valence-corrected chi connectivity index (χ3v) is 3.42. The Labute approximate surface area is 124 Å². The fourth-order valence-corrected chi connectivity index (χ4v) is 2.45. The topological polar surface area (TPSA) is 71.1 Å². The zero-order chi connectivity index (χ0) is 15.9. The molecule has 0 spiro atoms. The van der Waals surface area contributed by atoms with E-state index in [1.807, 2.05) is 12.2 Å². The van der Waals surface area contributed by atoms with Crippen molar-refractivity contribution in [1.29, 1.82) is 0 Å². The second-order valence-corrected chi connectivity index (χ2v) is 4.89. The first kappa shape index (κ1) is 17.4. The van der Waals surface area contributed by atoms with Crippen molar-refractivity contribution in [2.75, 3.05) is 41.7 Å². The second-order valence-electron chi connectivity index (χ2n) is 4.89. The highest BCUT2D eigenvalue weighted by molar-refractivity contribution is 6.01. The van der Waals surface area contributed by atoms with Crippen molar-refractivity contribution in [3.63, 3.8) is 0 Å². The number of esters is 2. The van der Waals surface area contributed by atoms with Crippen molar-refractivity contribution in [1.82, 2.24) is 0 Å². The first-order valence-corrected chi connectivity index (χ1v) is 6.57. The summed E-state index contributed by atoms with van der Waals surface area (Å²) in [6, 6.07) is 0. The van der Waals surface area contributed by atoms with Crippen LogP contribution in [0, 0.1) is 5.41 Å². The summed E-state index contributed by atoms with van der Waals surface area (Å²) in [5, 5.41) is 0. The van der Waals surface area contributed by atoms with Crippen LogP contribution in [-0.4, -0.2) is 53.6 Å². The summed E-state index contributed by atoms with van der Waals surface area (Å²) in [5.74, 6) is -1.15. The van der Waals surface area contributed by atoms with Gasteiger partial charge in [0.15, 0.2) is 5.41 Å². The molecule has 1 aliphatic rings. The minimum Gasteiger partial charge on any atom is -0.468 e. The molecule has 0 saturated heterocycles. The summed E-state index contributed by atoms with van der Waals surface area (Å²) < 4.78 is 19.7. The molecule has 21 heavy (non-hydrogen) atoms. The lowest BCUT2D eigenvalue weighted by molar-refractivity contribution is -0.168. The van der Waals surface area contributed by atoms with Gasteiger partial charge in [0.2, 0.25) is 0 Å². The summed E-state index contributed by atoms with van der Waals surface area (Å²) in [4.78, 5) is 24.0. The van der Waals surface area contributed by atoms with Gasteiger partial charge in [0.05, 0.1) is 27.4 Å². The third kappa shape index (κ3) is 3.92. The summed E-state index contributed by atoms with van der Waals surface area (Å²) in [6.07, 6.45) is 4.26. The van der Waals surface area contributed by atoms with E-state index in [0.717, 1.165) is 11.1 Å². The van der Waals surface area contributed by atoms with Crippen LogP contribution >= 0.6 is 0 Å². The van der Waals surface area contributed by atoms with E-state index < -0.39 is 17.4 Å². The highest BCUT2D eigenvalue weighted by Gasteiger charge is 2.50. The van der Waals surface area contributed by atoms with Gasteiger partial charge in [0.1, 0.15) is 0 Å². The molecule has 1 aliphatic carbocycles. The summed E-state index contributed by atoms with van der Waals surface area (Å²) in [5.41, 5.74) is 0.521. The maximum absolute atomic E-state index is 12.0. The van der Waals surface area contributed by atoms with Gasteiger partial charge in [-0.05, 0) is 18.4 Å². The average molecular weight is 298 g/mol. The highest BCUT2D eigenvalue weighted by atomic mass is 16.5. The molecule has 0 atom stereocenters. The van der Waals surface area contributed by atoms with E-state index in [1.165, 1.54) is 14.2 Å². The molecule has 1 rings (SSSR count). The molecule has 118 valence electrons. The number of rotatable bonds is 7. The molecule has 0 unspecified atom stereocenters. The molecule has 0 aromatic carbocycles. The zero-order valence-corrected chi connectivity index (χ0v) is 12.9.